The van der Waals surface area contributed by atoms with Gasteiger partial charge in [0.25, 0.3) is 0 Å². The molecule has 0 radical (unpaired) electrons. The Kier molecular flexibility index (Phi) is 8.59. The molecule has 0 bridgehead atoms. The summed E-state index contributed by atoms with van der Waals surface area (Å²) in [4.78, 5) is 34.1. The van der Waals surface area contributed by atoms with Gasteiger partial charge in [-0.2, -0.15) is 0 Å². The maximum atomic E-state index is 11.6. The van der Waals surface area contributed by atoms with Crippen LogP contribution in [0.2, 0.25) is 0 Å². The molecule has 0 saturated heterocycles. The van der Waals surface area contributed by atoms with Crippen LogP contribution in [-0.4, -0.2) is 35.5 Å². The summed E-state index contributed by atoms with van der Waals surface area (Å²) in [6, 6.07) is -0.917. The number of amides is 2. The molecule has 0 aliphatic rings. The van der Waals surface area contributed by atoms with Crippen LogP contribution in [0.15, 0.2) is 0 Å². The van der Waals surface area contributed by atoms with Crippen LogP contribution >= 0.6 is 0 Å². The number of carbonyl (C=O) groups excluding carboxylic acids is 2. The molecule has 2 unspecified atom stereocenters. The molecule has 2 amide bonds. The molecule has 0 aromatic heterocycles. The minimum atomic E-state index is -1.06. The lowest BCUT2D eigenvalue weighted by molar-refractivity contribution is -0.143. The summed E-state index contributed by atoms with van der Waals surface area (Å²) < 4.78 is 0. The lowest BCUT2D eigenvalue weighted by atomic mass is 9.99. The molecule has 6 nitrogen and oxygen atoms in total. The zero-order valence-electron chi connectivity index (χ0n) is 12.7. The summed E-state index contributed by atoms with van der Waals surface area (Å²) in [7, 11) is 0. The van der Waals surface area contributed by atoms with E-state index in [0.29, 0.717) is 18.8 Å². The summed E-state index contributed by atoms with van der Waals surface area (Å²) in [6.45, 7) is 7.48. The number of nitrogens with one attached hydrogen (secondary N) is 2. The Morgan fingerprint density at radius 2 is 1.70 bits per heavy atom. The number of aliphatic carboxylic acids is 1. The molecule has 6 heteroatoms. The highest BCUT2D eigenvalue weighted by Crippen LogP contribution is 2.07. The topological polar surface area (TPSA) is 95.5 Å². The van der Waals surface area contributed by atoms with Crippen molar-refractivity contribution in [2.45, 2.75) is 53.0 Å². The standard InChI is InChI=1S/C14H26N2O4/c1-5-10(4)13(14(19)20)16-12(18)8-15-11(17)7-6-9(2)3/h9-10,13H,5-8H2,1-4H3,(H,15,17)(H,16,18)(H,19,20). The fourth-order valence-corrected chi connectivity index (χ4v) is 1.59. The van der Waals surface area contributed by atoms with Crippen LogP contribution in [0, 0.1) is 11.8 Å². The van der Waals surface area contributed by atoms with Crippen LogP contribution in [0.3, 0.4) is 0 Å². The van der Waals surface area contributed by atoms with E-state index in [-0.39, 0.29) is 18.4 Å². The molecule has 0 aliphatic heterocycles. The van der Waals surface area contributed by atoms with Gasteiger partial charge in [-0.15, -0.1) is 0 Å². The lowest BCUT2D eigenvalue weighted by Crippen LogP contribution is -2.48. The molecule has 0 aliphatic carbocycles. The third kappa shape index (κ3) is 7.76. The van der Waals surface area contributed by atoms with Crippen LogP contribution in [0.25, 0.3) is 0 Å². The molecule has 0 saturated carbocycles. The monoisotopic (exact) mass is 286 g/mol. The molecule has 3 N–H and O–H groups in total. The van der Waals surface area contributed by atoms with Gasteiger partial charge < -0.3 is 15.7 Å². The van der Waals surface area contributed by atoms with Gasteiger partial charge >= 0.3 is 5.97 Å². The van der Waals surface area contributed by atoms with E-state index in [1.54, 1.807) is 6.92 Å². The summed E-state index contributed by atoms with van der Waals surface area (Å²) in [5, 5.41) is 14.0. The fraction of sp³-hybridized carbons (Fsp3) is 0.786. The van der Waals surface area contributed by atoms with E-state index < -0.39 is 17.9 Å². The van der Waals surface area contributed by atoms with Gasteiger partial charge in [-0.1, -0.05) is 34.1 Å². The first kappa shape index (κ1) is 18.4. The van der Waals surface area contributed by atoms with Crippen LogP contribution in [0.1, 0.15) is 47.0 Å². The van der Waals surface area contributed by atoms with Crippen molar-refractivity contribution in [1.82, 2.24) is 10.6 Å². The summed E-state index contributed by atoms with van der Waals surface area (Å²) >= 11 is 0. The quantitative estimate of drug-likeness (QED) is 0.592. The Morgan fingerprint density at radius 1 is 1.10 bits per heavy atom. The molecule has 0 fully saturated rings. The Morgan fingerprint density at radius 3 is 2.15 bits per heavy atom. The average Bonchev–Trinajstić information content (AvgIpc) is 2.38. The van der Waals surface area contributed by atoms with Gasteiger partial charge in [-0.25, -0.2) is 4.79 Å². The van der Waals surface area contributed by atoms with Gasteiger partial charge in [0.05, 0.1) is 6.54 Å². The largest absolute Gasteiger partial charge is 0.480 e. The number of rotatable bonds is 9. The zero-order chi connectivity index (χ0) is 15.7. The molecular formula is C14H26N2O4. The second kappa shape index (κ2) is 9.34. The van der Waals surface area contributed by atoms with Crippen molar-refractivity contribution in [2.75, 3.05) is 6.54 Å². The van der Waals surface area contributed by atoms with Crippen molar-refractivity contribution in [3.05, 3.63) is 0 Å². The second-order valence-electron chi connectivity index (χ2n) is 5.48. The normalized spacial score (nSPS) is 13.7. The first-order valence-electron chi connectivity index (χ1n) is 7.06. The van der Waals surface area contributed by atoms with E-state index in [2.05, 4.69) is 10.6 Å². The van der Waals surface area contributed by atoms with Crippen LogP contribution in [0.5, 0.6) is 0 Å². The molecule has 2 atom stereocenters. The predicted molar refractivity (Wildman–Crippen MR) is 76.1 cm³/mol. The van der Waals surface area contributed by atoms with Gasteiger partial charge in [-0.05, 0) is 18.3 Å². The van der Waals surface area contributed by atoms with Gasteiger partial charge in [0.2, 0.25) is 11.8 Å². The van der Waals surface area contributed by atoms with Gasteiger partial charge in [0.1, 0.15) is 6.04 Å². The number of carboxylic acid groups (broad SMARTS) is 1. The van der Waals surface area contributed by atoms with E-state index in [1.165, 1.54) is 0 Å². The fourth-order valence-electron chi connectivity index (χ4n) is 1.59. The minimum absolute atomic E-state index is 0.159. The van der Waals surface area contributed by atoms with Gasteiger partial charge in [-0.3, -0.25) is 9.59 Å². The Labute approximate surface area is 120 Å². The first-order chi connectivity index (χ1) is 9.27. The van der Waals surface area contributed by atoms with Gasteiger partial charge in [0.15, 0.2) is 0 Å². The molecular weight excluding hydrogens is 260 g/mol. The van der Waals surface area contributed by atoms with Crippen LogP contribution in [0.4, 0.5) is 0 Å². The number of carboxylic acids is 1. The van der Waals surface area contributed by atoms with Crippen molar-refractivity contribution in [3.63, 3.8) is 0 Å². The van der Waals surface area contributed by atoms with Crippen LogP contribution < -0.4 is 10.6 Å². The Bertz CT molecular complexity index is 342. The van der Waals surface area contributed by atoms with E-state index in [0.717, 1.165) is 6.42 Å². The molecule has 0 heterocycles. The molecule has 0 aromatic carbocycles. The maximum absolute atomic E-state index is 11.6. The SMILES string of the molecule is CCC(C)C(NC(=O)CNC(=O)CCC(C)C)C(=O)O. The molecule has 0 spiro atoms. The van der Waals surface area contributed by atoms with Crippen molar-refractivity contribution < 1.29 is 19.5 Å². The highest BCUT2D eigenvalue weighted by Gasteiger charge is 2.25. The lowest BCUT2D eigenvalue weighted by Gasteiger charge is -2.20. The van der Waals surface area contributed by atoms with E-state index in [9.17, 15) is 14.4 Å². The molecule has 116 valence electrons. The van der Waals surface area contributed by atoms with Crippen LogP contribution in [-0.2, 0) is 14.4 Å². The van der Waals surface area contributed by atoms with E-state index in [1.807, 2.05) is 20.8 Å². The first-order valence-corrected chi connectivity index (χ1v) is 7.06. The van der Waals surface area contributed by atoms with Crippen molar-refractivity contribution in [2.24, 2.45) is 11.8 Å². The molecule has 20 heavy (non-hydrogen) atoms. The number of hydrogen-bond acceptors (Lipinski definition) is 3. The van der Waals surface area contributed by atoms with E-state index >= 15 is 0 Å². The molecule has 0 aromatic rings. The van der Waals surface area contributed by atoms with Crippen molar-refractivity contribution in [1.29, 1.82) is 0 Å². The third-order valence-corrected chi connectivity index (χ3v) is 3.19. The molecule has 0 rings (SSSR count). The van der Waals surface area contributed by atoms with Crippen molar-refractivity contribution >= 4 is 17.8 Å². The Balaban J connectivity index is 4.14. The minimum Gasteiger partial charge on any atom is -0.480 e. The zero-order valence-corrected chi connectivity index (χ0v) is 12.7. The second-order valence-corrected chi connectivity index (χ2v) is 5.48. The van der Waals surface area contributed by atoms with Crippen molar-refractivity contribution in [3.8, 4) is 0 Å². The number of hydrogen-bond donors (Lipinski definition) is 3. The Hall–Kier alpha value is -1.59. The summed E-state index contributed by atoms with van der Waals surface area (Å²) in [5.41, 5.74) is 0. The highest BCUT2D eigenvalue weighted by atomic mass is 16.4. The summed E-state index contributed by atoms with van der Waals surface area (Å²) in [5.74, 6) is -1.46. The number of carbonyl (C=O) groups is 3. The maximum Gasteiger partial charge on any atom is 0.326 e. The third-order valence-electron chi connectivity index (χ3n) is 3.19. The van der Waals surface area contributed by atoms with E-state index in [4.69, 9.17) is 5.11 Å². The van der Waals surface area contributed by atoms with Gasteiger partial charge in [0, 0.05) is 6.42 Å². The average molecular weight is 286 g/mol. The highest BCUT2D eigenvalue weighted by molar-refractivity contribution is 5.87. The summed E-state index contributed by atoms with van der Waals surface area (Å²) in [6.07, 6.45) is 1.79. The smallest absolute Gasteiger partial charge is 0.326 e. The predicted octanol–water partition coefficient (Wildman–Crippen LogP) is 1.15.